The molecule has 1 aliphatic rings. The van der Waals surface area contributed by atoms with Crippen molar-refractivity contribution in [3.63, 3.8) is 0 Å². The van der Waals surface area contributed by atoms with E-state index in [1.807, 2.05) is 41.3 Å². The van der Waals surface area contributed by atoms with Gasteiger partial charge in [-0.25, -0.2) is 0 Å². The highest BCUT2D eigenvalue weighted by molar-refractivity contribution is 5.77. The van der Waals surface area contributed by atoms with Crippen molar-refractivity contribution >= 4 is 5.91 Å². The van der Waals surface area contributed by atoms with Crippen LogP contribution in [0.25, 0.3) is 0 Å². The first-order valence-corrected chi connectivity index (χ1v) is 9.06. The summed E-state index contributed by atoms with van der Waals surface area (Å²) >= 11 is 0. The Labute approximate surface area is 149 Å². The summed E-state index contributed by atoms with van der Waals surface area (Å²) in [4.78, 5) is 13.6. The minimum atomic E-state index is 0.305. The third kappa shape index (κ3) is 5.33. The molecule has 1 saturated heterocycles. The molecule has 0 unspecified atom stereocenters. The third-order valence-electron chi connectivity index (χ3n) is 4.48. The number of carbonyl (C=O) groups is 1. The van der Waals surface area contributed by atoms with Crippen LogP contribution in [0.3, 0.4) is 0 Å². The third-order valence-corrected chi connectivity index (χ3v) is 4.48. The lowest BCUT2D eigenvalue weighted by atomic mass is 10.2. The van der Waals surface area contributed by atoms with E-state index in [4.69, 9.17) is 4.74 Å². The van der Waals surface area contributed by atoms with E-state index in [0.717, 1.165) is 56.8 Å². The van der Waals surface area contributed by atoms with E-state index in [-0.39, 0.29) is 0 Å². The molecule has 0 aliphatic carbocycles. The number of amides is 1. The number of carbonyl (C=O) groups excluding carboxylic acids is 1. The van der Waals surface area contributed by atoms with Gasteiger partial charge in [0.05, 0.1) is 0 Å². The van der Waals surface area contributed by atoms with Gasteiger partial charge in [-0.2, -0.15) is 0 Å². The maximum absolute atomic E-state index is 11.6. The number of nitrogens with one attached hydrogen (secondary N) is 1. The Hall–Kier alpha value is -2.33. The molecule has 4 nitrogen and oxygen atoms in total. The van der Waals surface area contributed by atoms with E-state index in [1.165, 1.54) is 5.56 Å². The van der Waals surface area contributed by atoms with Crippen LogP contribution < -0.4 is 10.1 Å². The highest BCUT2D eigenvalue weighted by atomic mass is 16.5. The lowest BCUT2D eigenvalue weighted by Gasteiger charge is -2.16. The predicted molar refractivity (Wildman–Crippen MR) is 99.4 cm³/mol. The van der Waals surface area contributed by atoms with Gasteiger partial charge in [-0.05, 0) is 31.0 Å². The zero-order chi connectivity index (χ0) is 17.3. The van der Waals surface area contributed by atoms with Gasteiger partial charge in [-0.3, -0.25) is 4.79 Å². The van der Waals surface area contributed by atoms with Crippen molar-refractivity contribution in [2.24, 2.45) is 0 Å². The average molecular weight is 338 g/mol. The summed E-state index contributed by atoms with van der Waals surface area (Å²) in [6.45, 7) is 4.04. The molecule has 1 heterocycles. The first-order chi connectivity index (χ1) is 12.3. The molecule has 0 atom stereocenters. The number of para-hydroxylation sites is 1. The molecule has 0 saturated carbocycles. The Morgan fingerprint density at radius 1 is 1.04 bits per heavy atom. The summed E-state index contributed by atoms with van der Waals surface area (Å²) in [7, 11) is 0. The van der Waals surface area contributed by atoms with Gasteiger partial charge in [0, 0.05) is 31.6 Å². The van der Waals surface area contributed by atoms with Crippen molar-refractivity contribution in [1.29, 1.82) is 0 Å². The van der Waals surface area contributed by atoms with E-state index in [2.05, 4.69) is 23.5 Å². The van der Waals surface area contributed by atoms with E-state index < -0.39 is 0 Å². The second kappa shape index (κ2) is 9.23. The standard InChI is InChI=1S/C21H26N2O2/c24-21-12-6-14-23(21)15-7-13-22-16-19-10-4-5-11-20(19)25-17-18-8-2-1-3-9-18/h1-5,8-11,22H,6-7,12-17H2. The van der Waals surface area contributed by atoms with Crippen LogP contribution in [0.15, 0.2) is 54.6 Å². The zero-order valence-corrected chi connectivity index (χ0v) is 14.6. The fourth-order valence-electron chi connectivity index (χ4n) is 3.08. The van der Waals surface area contributed by atoms with E-state index in [9.17, 15) is 4.79 Å². The van der Waals surface area contributed by atoms with Crippen LogP contribution in [0.1, 0.15) is 30.4 Å². The largest absolute Gasteiger partial charge is 0.489 e. The highest BCUT2D eigenvalue weighted by Crippen LogP contribution is 2.19. The molecule has 3 rings (SSSR count). The first kappa shape index (κ1) is 17.5. The smallest absolute Gasteiger partial charge is 0.222 e. The number of hydrogen-bond donors (Lipinski definition) is 1. The minimum absolute atomic E-state index is 0.305. The second-order valence-electron chi connectivity index (χ2n) is 6.40. The second-order valence-corrected chi connectivity index (χ2v) is 6.40. The van der Waals surface area contributed by atoms with Crippen molar-refractivity contribution < 1.29 is 9.53 Å². The van der Waals surface area contributed by atoms with E-state index in [1.54, 1.807) is 0 Å². The van der Waals surface area contributed by atoms with Crippen LogP contribution in [0.2, 0.25) is 0 Å². The molecule has 25 heavy (non-hydrogen) atoms. The Morgan fingerprint density at radius 2 is 1.84 bits per heavy atom. The van der Waals surface area contributed by atoms with Crippen LogP contribution in [0.5, 0.6) is 5.75 Å². The molecule has 0 radical (unpaired) electrons. The van der Waals surface area contributed by atoms with Crippen molar-refractivity contribution in [2.75, 3.05) is 19.6 Å². The van der Waals surface area contributed by atoms with Crippen LogP contribution in [-0.2, 0) is 17.9 Å². The maximum Gasteiger partial charge on any atom is 0.222 e. The molecular formula is C21H26N2O2. The molecule has 1 amide bonds. The molecule has 2 aromatic rings. The highest BCUT2D eigenvalue weighted by Gasteiger charge is 2.18. The summed E-state index contributed by atoms with van der Waals surface area (Å²) in [6.07, 6.45) is 2.72. The molecule has 4 heteroatoms. The number of nitrogens with zero attached hydrogens (tertiary/aromatic N) is 1. The lowest BCUT2D eigenvalue weighted by Crippen LogP contribution is -2.28. The molecule has 0 aromatic heterocycles. The summed E-state index contributed by atoms with van der Waals surface area (Å²) in [5.74, 6) is 1.23. The number of benzene rings is 2. The Balaban J connectivity index is 1.42. The van der Waals surface area contributed by atoms with Crippen LogP contribution in [0, 0.1) is 0 Å². The van der Waals surface area contributed by atoms with Gasteiger partial charge in [0.15, 0.2) is 0 Å². The average Bonchev–Trinajstić information content (AvgIpc) is 3.06. The van der Waals surface area contributed by atoms with Crippen LogP contribution >= 0.6 is 0 Å². The SMILES string of the molecule is O=C1CCCN1CCCNCc1ccccc1OCc1ccccc1. The molecule has 0 spiro atoms. The Morgan fingerprint density at radius 3 is 2.64 bits per heavy atom. The number of rotatable bonds is 9. The van der Waals surface area contributed by atoms with Gasteiger partial charge < -0.3 is 15.0 Å². The van der Waals surface area contributed by atoms with Crippen molar-refractivity contribution in [3.8, 4) is 5.75 Å². The molecule has 1 fully saturated rings. The molecular weight excluding hydrogens is 312 g/mol. The molecule has 2 aromatic carbocycles. The summed E-state index contributed by atoms with van der Waals surface area (Å²) in [5, 5.41) is 3.46. The van der Waals surface area contributed by atoms with Gasteiger partial charge >= 0.3 is 0 Å². The lowest BCUT2D eigenvalue weighted by molar-refractivity contribution is -0.127. The zero-order valence-electron chi connectivity index (χ0n) is 14.6. The van der Waals surface area contributed by atoms with E-state index >= 15 is 0 Å². The van der Waals surface area contributed by atoms with Gasteiger partial charge in [-0.1, -0.05) is 48.5 Å². The summed E-state index contributed by atoms with van der Waals surface area (Å²) in [6, 6.07) is 18.4. The molecule has 132 valence electrons. The fourth-order valence-corrected chi connectivity index (χ4v) is 3.08. The fraction of sp³-hybridized carbons (Fsp3) is 0.381. The normalized spacial score (nSPS) is 14.1. The van der Waals surface area contributed by atoms with Crippen molar-refractivity contribution in [2.45, 2.75) is 32.4 Å². The van der Waals surface area contributed by atoms with Gasteiger partial charge in [-0.15, -0.1) is 0 Å². The molecule has 0 bridgehead atoms. The van der Waals surface area contributed by atoms with E-state index in [0.29, 0.717) is 12.5 Å². The number of likely N-dealkylation sites (tertiary alicyclic amines) is 1. The van der Waals surface area contributed by atoms with Crippen molar-refractivity contribution in [1.82, 2.24) is 10.2 Å². The minimum Gasteiger partial charge on any atom is -0.489 e. The molecule has 1 aliphatic heterocycles. The number of hydrogen-bond acceptors (Lipinski definition) is 3. The Kier molecular flexibility index (Phi) is 6.46. The summed E-state index contributed by atoms with van der Waals surface area (Å²) < 4.78 is 5.98. The van der Waals surface area contributed by atoms with Crippen molar-refractivity contribution in [3.05, 3.63) is 65.7 Å². The maximum atomic E-state index is 11.6. The molecule has 1 N–H and O–H groups in total. The van der Waals surface area contributed by atoms with Gasteiger partial charge in [0.25, 0.3) is 0 Å². The Bertz CT molecular complexity index is 673. The first-order valence-electron chi connectivity index (χ1n) is 9.06. The van der Waals surface area contributed by atoms with Crippen LogP contribution in [0.4, 0.5) is 0 Å². The predicted octanol–water partition coefficient (Wildman–Crippen LogP) is 3.37. The summed E-state index contributed by atoms with van der Waals surface area (Å²) in [5.41, 5.74) is 2.33. The monoisotopic (exact) mass is 338 g/mol. The van der Waals surface area contributed by atoms with Gasteiger partial charge in [0.1, 0.15) is 12.4 Å². The quantitative estimate of drug-likeness (QED) is 0.713. The topological polar surface area (TPSA) is 41.6 Å². The number of ether oxygens (including phenoxy) is 1. The van der Waals surface area contributed by atoms with Gasteiger partial charge in [0.2, 0.25) is 5.91 Å². The van der Waals surface area contributed by atoms with Crippen LogP contribution in [-0.4, -0.2) is 30.4 Å².